The van der Waals surface area contributed by atoms with Crippen LogP contribution >= 0.6 is 0 Å². The fourth-order valence-electron chi connectivity index (χ4n) is 5.80. The number of piperidine rings is 1. The highest BCUT2D eigenvalue weighted by Gasteiger charge is 2.37. The van der Waals surface area contributed by atoms with E-state index in [1.54, 1.807) is 6.92 Å². The smallest absolute Gasteiger partial charge is 0.223 e. The van der Waals surface area contributed by atoms with Crippen molar-refractivity contribution < 1.29 is 9.59 Å². The second-order valence-corrected chi connectivity index (χ2v) is 9.26. The Balaban J connectivity index is 1.37. The summed E-state index contributed by atoms with van der Waals surface area (Å²) in [6.07, 6.45) is 11.9. The quantitative estimate of drug-likeness (QED) is 0.747. The monoisotopic (exact) mass is 382 g/mol. The molecule has 3 aliphatic rings. The summed E-state index contributed by atoms with van der Waals surface area (Å²) < 4.78 is 0. The Bertz CT molecular complexity index is 721. The Morgan fingerprint density at radius 3 is 2.50 bits per heavy atom. The zero-order valence-corrected chi connectivity index (χ0v) is 17.3. The van der Waals surface area contributed by atoms with Crippen molar-refractivity contribution in [2.75, 3.05) is 24.5 Å². The number of carbonyl (C=O) groups excluding carboxylic acids is 2. The molecule has 2 heterocycles. The largest absolute Gasteiger partial charge is 0.342 e. The van der Waals surface area contributed by atoms with Gasteiger partial charge in [0.2, 0.25) is 11.8 Å². The fourth-order valence-corrected chi connectivity index (χ4v) is 5.80. The number of fused-ring (bicyclic) bond motifs is 1. The molecule has 0 N–H and O–H groups in total. The van der Waals surface area contributed by atoms with Crippen LogP contribution in [-0.2, 0) is 9.59 Å². The van der Waals surface area contributed by atoms with Gasteiger partial charge in [-0.1, -0.05) is 43.9 Å². The minimum Gasteiger partial charge on any atom is -0.342 e. The molecule has 0 aromatic heterocycles. The molecule has 1 aromatic carbocycles. The first-order valence-corrected chi connectivity index (χ1v) is 11.2. The summed E-state index contributed by atoms with van der Waals surface area (Å²) >= 11 is 0. The van der Waals surface area contributed by atoms with Crippen LogP contribution < -0.4 is 4.90 Å². The third-order valence-electron chi connectivity index (χ3n) is 7.34. The minimum atomic E-state index is 0.0904. The molecule has 2 aliphatic heterocycles. The average molecular weight is 383 g/mol. The first kappa shape index (κ1) is 19.5. The van der Waals surface area contributed by atoms with Gasteiger partial charge in [0, 0.05) is 44.6 Å². The highest BCUT2D eigenvalue weighted by atomic mass is 16.2. The summed E-state index contributed by atoms with van der Waals surface area (Å²) in [5, 5.41) is 0. The van der Waals surface area contributed by atoms with Gasteiger partial charge in [-0.25, -0.2) is 0 Å². The van der Waals surface area contributed by atoms with Gasteiger partial charge in [-0.05, 0) is 49.1 Å². The molecule has 1 saturated carbocycles. The summed E-state index contributed by atoms with van der Waals surface area (Å²) in [4.78, 5) is 29.1. The van der Waals surface area contributed by atoms with Gasteiger partial charge in [0.15, 0.2) is 0 Å². The predicted octanol–water partition coefficient (Wildman–Crippen LogP) is 4.88. The van der Waals surface area contributed by atoms with Gasteiger partial charge in [0.05, 0.1) is 0 Å². The molecular formula is C24H34N2O2. The van der Waals surface area contributed by atoms with E-state index in [1.807, 2.05) is 23.1 Å². The van der Waals surface area contributed by atoms with Crippen LogP contribution in [-0.4, -0.2) is 36.3 Å². The van der Waals surface area contributed by atoms with Crippen molar-refractivity contribution in [3.8, 4) is 0 Å². The van der Waals surface area contributed by atoms with Crippen LogP contribution in [0, 0.1) is 5.41 Å². The molecule has 1 atom stereocenters. The Morgan fingerprint density at radius 1 is 1.04 bits per heavy atom. The number of amides is 2. The number of anilines is 1. The van der Waals surface area contributed by atoms with Crippen LogP contribution in [0.1, 0.15) is 82.6 Å². The summed E-state index contributed by atoms with van der Waals surface area (Å²) in [5.41, 5.74) is 2.66. The molecule has 4 rings (SSSR count). The highest BCUT2D eigenvalue weighted by molar-refractivity contribution is 5.94. The topological polar surface area (TPSA) is 40.6 Å². The maximum atomic E-state index is 13.0. The molecule has 1 spiro atoms. The van der Waals surface area contributed by atoms with E-state index >= 15 is 0 Å². The molecule has 4 heteroatoms. The van der Waals surface area contributed by atoms with Crippen molar-refractivity contribution in [1.82, 2.24) is 4.90 Å². The van der Waals surface area contributed by atoms with Crippen molar-refractivity contribution in [2.24, 2.45) is 5.41 Å². The Labute approximate surface area is 169 Å². The lowest BCUT2D eigenvalue weighted by Gasteiger charge is -2.43. The van der Waals surface area contributed by atoms with Crippen LogP contribution in [0.5, 0.6) is 0 Å². The molecule has 4 nitrogen and oxygen atoms in total. The van der Waals surface area contributed by atoms with Crippen molar-refractivity contribution >= 4 is 17.5 Å². The van der Waals surface area contributed by atoms with E-state index in [4.69, 9.17) is 0 Å². The molecule has 0 bridgehead atoms. The number of para-hydroxylation sites is 1. The van der Waals surface area contributed by atoms with E-state index in [9.17, 15) is 9.59 Å². The van der Waals surface area contributed by atoms with Crippen LogP contribution in [0.15, 0.2) is 24.3 Å². The van der Waals surface area contributed by atoms with Gasteiger partial charge in [-0.2, -0.15) is 0 Å². The SMILES string of the molecule is CC(=O)N1C[C@@H](CCC(=O)N2CCCC3(CCCCCC3)C2)c2ccccc21. The first-order valence-electron chi connectivity index (χ1n) is 11.2. The van der Waals surface area contributed by atoms with E-state index in [0.29, 0.717) is 24.3 Å². The van der Waals surface area contributed by atoms with Gasteiger partial charge in [0.1, 0.15) is 0 Å². The number of rotatable bonds is 3. The van der Waals surface area contributed by atoms with E-state index in [0.717, 1.165) is 31.6 Å². The molecule has 2 fully saturated rings. The molecule has 1 saturated heterocycles. The van der Waals surface area contributed by atoms with Gasteiger partial charge < -0.3 is 9.80 Å². The standard InChI is InChI=1S/C24H34N2O2/c1-19(27)26-17-20(21-9-4-5-10-22(21)26)11-12-23(28)25-16-8-15-24(18-25)13-6-2-3-7-14-24/h4-5,9-10,20H,2-3,6-8,11-18H2,1H3/t20-/m1/s1. The minimum absolute atomic E-state index is 0.0904. The third kappa shape index (κ3) is 3.97. The Kier molecular flexibility index (Phi) is 5.75. The highest BCUT2D eigenvalue weighted by Crippen LogP contribution is 2.43. The van der Waals surface area contributed by atoms with Crippen LogP contribution in [0.25, 0.3) is 0 Å². The van der Waals surface area contributed by atoms with E-state index in [1.165, 1.54) is 50.5 Å². The van der Waals surface area contributed by atoms with Gasteiger partial charge >= 0.3 is 0 Å². The summed E-state index contributed by atoms with van der Waals surface area (Å²) in [6, 6.07) is 8.17. The van der Waals surface area contributed by atoms with Crippen LogP contribution in [0.2, 0.25) is 0 Å². The van der Waals surface area contributed by atoms with Gasteiger partial charge in [-0.15, -0.1) is 0 Å². The third-order valence-corrected chi connectivity index (χ3v) is 7.34. The van der Waals surface area contributed by atoms with Crippen molar-refractivity contribution in [3.05, 3.63) is 29.8 Å². The van der Waals surface area contributed by atoms with Gasteiger partial charge in [-0.3, -0.25) is 9.59 Å². The summed E-state index contributed by atoms with van der Waals surface area (Å²) in [5.74, 6) is 0.690. The molecule has 2 amide bonds. The van der Waals surface area contributed by atoms with Crippen LogP contribution in [0.3, 0.4) is 0 Å². The van der Waals surface area contributed by atoms with Crippen molar-refractivity contribution in [3.63, 3.8) is 0 Å². The van der Waals surface area contributed by atoms with Crippen LogP contribution in [0.4, 0.5) is 5.69 Å². The first-order chi connectivity index (χ1) is 13.6. The molecule has 1 aromatic rings. The van der Waals surface area contributed by atoms with E-state index < -0.39 is 0 Å². The molecule has 0 radical (unpaired) electrons. The van der Waals surface area contributed by atoms with Crippen molar-refractivity contribution in [1.29, 1.82) is 0 Å². The summed E-state index contributed by atoms with van der Waals surface area (Å²) in [7, 11) is 0. The zero-order valence-electron chi connectivity index (χ0n) is 17.3. The maximum Gasteiger partial charge on any atom is 0.223 e. The summed E-state index contributed by atoms with van der Waals surface area (Å²) in [6.45, 7) is 4.25. The fraction of sp³-hybridized carbons (Fsp3) is 0.667. The molecule has 1 aliphatic carbocycles. The van der Waals surface area contributed by atoms with Crippen molar-refractivity contribution in [2.45, 2.75) is 77.0 Å². The Hall–Kier alpha value is -1.84. The van der Waals surface area contributed by atoms with E-state index in [2.05, 4.69) is 11.0 Å². The number of hydrogen-bond donors (Lipinski definition) is 0. The number of hydrogen-bond acceptors (Lipinski definition) is 2. The molecule has 152 valence electrons. The number of likely N-dealkylation sites (tertiary alicyclic amines) is 1. The number of nitrogens with zero attached hydrogens (tertiary/aromatic N) is 2. The van der Waals surface area contributed by atoms with E-state index in [-0.39, 0.29) is 11.8 Å². The average Bonchev–Trinajstić information content (AvgIpc) is 2.94. The number of benzene rings is 1. The second-order valence-electron chi connectivity index (χ2n) is 9.26. The zero-order chi connectivity index (χ0) is 19.6. The maximum absolute atomic E-state index is 13.0. The lowest BCUT2D eigenvalue weighted by atomic mass is 9.74. The lowest BCUT2D eigenvalue weighted by Crippen LogP contribution is -2.46. The predicted molar refractivity (Wildman–Crippen MR) is 112 cm³/mol. The second kappa shape index (κ2) is 8.26. The molecule has 0 unspecified atom stereocenters. The molecule has 28 heavy (non-hydrogen) atoms. The lowest BCUT2D eigenvalue weighted by molar-refractivity contribution is -0.135. The van der Waals surface area contributed by atoms with Gasteiger partial charge in [0.25, 0.3) is 0 Å². The normalized spacial score (nSPS) is 24.1. The Morgan fingerprint density at radius 2 is 1.75 bits per heavy atom. The molecular weight excluding hydrogens is 348 g/mol. The number of carbonyl (C=O) groups is 2.